The topological polar surface area (TPSA) is 112 Å². The molecule has 0 aromatic heterocycles. The molecular weight excluding hydrogens is 503 g/mol. The fourth-order valence-corrected chi connectivity index (χ4v) is 5.34. The van der Waals surface area contributed by atoms with E-state index in [1.807, 2.05) is 24.3 Å². The number of carbonyl (C=O) groups is 1. The Balaban J connectivity index is 0.000000285. The summed E-state index contributed by atoms with van der Waals surface area (Å²) in [7, 11) is 1.00. The third-order valence-electron chi connectivity index (χ3n) is 7.67. The molecule has 200 valence electrons. The minimum atomic E-state index is -0.344. The predicted octanol–water partition coefficient (Wildman–Crippen LogP) is 2.06. The zero-order valence-electron chi connectivity index (χ0n) is 23.8. The minimum absolute atomic E-state index is 0. The van der Waals surface area contributed by atoms with Gasteiger partial charge in [0, 0.05) is 7.11 Å². The summed E-state index contributed by atoms with van der Waals surface area (Å²) in [5.74, 6) is 1.46. The van der Waals surface area contributed by atoms with Crippen LogP contribution in [0.5, 0.6) is 5.75 Å². The van der Waals surface area contributed by atoms with Gasteiger partial charge in [-0.2, -0.15) is 17.7 Å². The maximum atomic E-state index is 12.8. The van der Waals surface area contributed by atoms with Crippen molar-refractivity contribution in [1.29, 1.82) is 5.41 Å². The number of aryl methyl sites for hydroxylation is 2. The van der Waals surface area contributed by atoms with E-state index in [1.165, 1.54) is 11.1 Å². The molecule has 0 radical (unpaired) electrons. The molecule has 3 aliphatic rings. The van der Waals surface area contributed by atoms with Gasteiger partial charge < -0.3 is 21.0 Å². The molecule has 1 atom stereocenters. The molecule has 0 fully saturated rings. The van der Waals surface area contributed by atoms with Crippen LogP contribution in [0.1, 0.15) is 88.1 Å². The van der Waals surface area contributed by atoms with Crippen LogP contribution in [0, 0.1) is 5.41 Å². The second-order valence-corrected chi connectivity index (χ2v) is 10.4. The SMILES string of the molecule is CC1(C)CCc2ccccc2O1.CCC1(CC)CC(=O)N(C2CCc3ccc([C-]=N)cc32)C(N)=N1.CO.[K+]. The summed E-state index contributed by atoms with van der Waals surface area (Å²) < 4.78 is 5.82. The Hall–Kier alpha value is -1.55. The predicted molar refractivity (Wildman–Crippen MR) is 148 cm³/mol. The summed E-state index contributed by atoms with van der Waals surface area (Å²) in [6, 6.07) is 14.1. The minimum Gasteiger partial charge on any atom is -0.488 e. The standard InChI is InChI=1S/C18H23N4O.C11H14O.CH4O.K/c1-3-18(4-2)10-16(23)22(17(20)21-18)15-8-7-13-6-5-12(11-19)9-14(13)15;1-11(2)8-7-9-5-3-4-6-10(9)12-11;1-2;/h5-6,9,15,19H,3-4,7-8,10H2,1-2H3,(H2,20,21);3-6H,7-8H2,1-2H3;2H,1H3;/q-1;;;+1. The van der Waals surface area contributed by atoms with Gasteiger partial charge in [-0.1, -0.05) is 49.4 Å². The van der Waals surface area contributed by atoms with Gasteiger partial charge in [-0.05, 0) is 64.0 Å². The van der Waals surface area contributed by atoms with Gasteiger partial charge in [0.15, 0.2) is 5.96 Å². The molecule has 2 aromatic rings. The average molecular weight is 545 g/mol. The Morgan fingerprint density at radius 2 is 1.82 bits per heavy atom. The summed E-state index contributed by atoms with van der Waals surface area (Å²) >= 11 is 0. The number of amides is 1. The first kappa shape index (κ1) is 32.7. The number of nitrogens with two attached hydrogens (primary N) is 1. The second-order valence-electron chi connectivity index (χ2n) is 10.4. The maximum Gasteiger partial charge on any atom is 1.00 e. The van der Waals surface area contributed by atoms with E-state index in [0.29, 0.717) is 12.4 Å². The summed E-state index contributed by atoms with van der Waals surface area (Å²) in [4.78, 5) is 19.2. The molecule has 1 unspecified atom stereocenters. The number of nitrogens with one attached hydrogen (secondary N) is 1. The molecule has 1 amide bonds. The summed E-state index contributed by atoms with van der Waals surface area (Å²) in [6.07, 6.45) is 8.50. The number of rotatable bonds is 4. The van der Waals surface area contributed by atoms with E-state index in [2.05, 4.69) is 57.1 Å². The van der Waals surface area contributed by atoms with Crippen molar-refractivity contribution in [3.63, 3.8) is 0 Å². The molecule has 8 heteroatoms. The van der Waals surface area contributed by atoms with Crippen molar-refractivity contribution in [1.82, 2.24) is 4.90 Å². The summed E-state index contributed by atoms with van der Waals surface area (Å²) in [5, 5.41) is 14.3. The molecule has 0 spiro atoms. The van der Waals surface area contributed by atoms with Crippen LogP contribution in [0.15, 0.2) is 47.5 Å². The summed E-state index contributed by atoms with van der Waals surface area (Å²) in [5.41, 5.74) is 10.3. The van der Waals surface area contributed by atoms with Crippen LogP contribution >= 0.6 is 0 Å². The van der Waals surface area contributed by atoms with E-state index in [9.17, 15) is 4.79 Å². The van der Waals surface area contributed by atoms with Crippen LogP contribution in [-0.4, -0.2) is 46.3 Å². The van der Waals surface area contributed by atoms with E-state index < -0.39 is 0 Å². The van der Waals surface area contributed by atoms with Crippen molar-refractivity contribution in [3.05, 3.63) is 64.7 Å². The van der Waals surface area contributed by atoms with Crippen LogP contribution in [0.25, 0.3) is 0 Å². The van der Waals surface area contributed by atoms with Gasteiger partial charge >= 0.3 is 51.4 Å². The van der Waals surface area contributed by atoms with E-state index in [-0.39, 0.29) is 74.5 Å². The first-order valence-corrected chi connectivity index (χ1v) is 13.2. The van der Waals surface area contributed by atoms with Gasteiger partial charge in [0.05, 0.1) is 18.0 Å². The fourth-order valence-electron chi connectivity index (χ4n) is 5.34. The Kier molecular flexibility index (Phi) is 12.2. The van der Waals surface area contributed by atoms with Crippen LogP contribution in [0.2, 0.25) is 0 Å². The molecule has 4 N–H and O–H groups in total. The maximum absolute atomic E-state index is 12.8. The Morgan fingerprint density at radius 1 is 1.13 bits per heavy atom. The van der Waals surface area contributed by atoms with Gasteiger partial charge in [0.2, 0.25) is 5.91 Å². The number of para-hydroxylation sites is 1. The number of guanidine groups is 1. The number of aliphatic imine (C=N–C) groups is 1. The van der Waals surface area contributed by atoms with Crippen molar-refractivity contribution >= 4 is 18.1 Å². The first-order valence-electron chi connectivity index (χ1n) is 13.2. The second kappa shape index (κ2) is 14.2. The number of hydrogen-bond acceptors (Lipinski definition) is 6. The first-order chi connectivity index (χ1) is 17.7. The van der Waals surface area contributed by atoms with Gasteiger partial charge in [0.25, 0.3) is 0 Å². The van der Waals surface area contributed by atoms with Crippen molar-refractivity contribution in [2.45, 2.75) is 89.8 Å². The normalized spacial score (nSPS) is 20.1. The molecule has 0 bridgehead atoms. The van der Waals surface area contributed by atoms with E-state index in [1.54, 1.807) is 4.90 Å². The third kappa shape index (κ3) is 7.34. The number of aliphatic hydroxyl groups is 1. The molecule has 2 aromatic carbocycles. The molecule has 0 saturated carbocycles. The van der Waals surface area contributed by atoms with Crippen LogP contribution in [0.4, 0.5) is 0 Å². The molecule has 2 heterocycles. The van der Waals surface area contributed by atoms with Gasteiger partial charge in [0.1, 0.15) is 11.4 Å². The zero-order chi connectivity index (χ0) is 27.2. The number of nitrogens with zero attached hydrogens (tertiary/aromatic N) is 2. The van der Waals surface area contributed by atoms with Gasteiger partial charge in [-0.25, -0.2) is 4.99 Å². The smallest absolute Gasteiger partial charge is 0.488 e. The average Bonchev–Trinajstić information content (AvgIpc) is 3.31. The van der Waals surface area contributed by atoms with E-state index in [0.717, 1.165) is 62.5 Å². The van der Waals surface area contributed by atoms with Crippen LogP contribution in [-0.2, 0) is 17.6 Å². The Morgan fingerprint density at radius 3 is 2.45 bits per heavy atom. The van der Waals surface area contributed by atoms with Crippen LogP contribution in [0.3, 0.4) is 0 Å². The number of fused-ring (bicyclic) bond motifs is 2. The monoisotopic (exact) mass is 544 g/mol. The van der Waals surface area contributed by atoms with Crippen molar-refractivity contribution in [2.75, 3.05) is 7.11 Å². The molecule has 1 aliphatic carbocycles. The number of benzene rings is 2. The quantitative estimate of drug-likeness (QED) is 0.311. The summed E-state index contributed by atoms with van der Waals surface area (Å²) in [6.45, 7) is 8.40. The van der Waals surface area contributed by atoms with E-state index in [4.69, 9.17) is 21.0 Å². The molecule has 7 nitrogen and oxygen atoms in total. The van der Waals surface area contributed by atoms with Crippen molar-refractivity contribution in [3.8, 4) is 5.75 Å². The molecular formula is C30H41KN4O3. The molecule has 0 saturated heterocycles. The number of ether oxygens (including phenoxy) is 1. The van der Waals surface area contributed by atoms with Gasteiger partial charge in [-0.15, -0.1) is 6.07 Å². The third-order valence-corrected chi connectivity index (χ3v) is 7.67. The van der Waals surface area contributed by atoms with E-state index >= 15 is 0 Å². The number of hydrogen-bond donors (Lipinski definition) is 3. The fraction of sp³-hybridized carbons (Fsp3) is 0.500. The molecule has 38 heavy (non-hydrogen) atoms. The van der Waals surface area contributed by atoms with Crippen molar-refractivity contribution < 1.29 is 66.0 Å². The molecule has 2 aliphatic heterocycles. The largest absolute Gasteiger partial charge is 1.00 e. The Labute approximate surface area is 270 Å². The Bertz CT molecular complexity index is 1140. The zero-order valence-corrected chi connectivity index (χ0v) is 26.9. The number of carbonyl (C=O) groups excluding carboxylic acids is 1. The van der Waals surface area contributed by atoms with Crippen LogP contribution < -0.4 is 61.9 Å². The number of aliphatic hydroxyl groups excluding tert-OH is 1. The van der Waals surface area contributed by atoms with Crippen molar-refractivity contribution in [2.24, 2.45) is 10.7 Å². The van der Waals surface area contributed by atoms with Gasteiger partial charge in [-0.3, -0.25) is 9.69 Å². The molecule has 5 rings (SSSR count).